The van der Waals surface area contributed by atoms with Gasteiger partial charge in [-0.2, -0.15) is 0 Å². The molecule has 0 saturated heterocycles. The smallest absolute Gasteiger partial charge is 0.358 e. The first kappa shape index (κ1) is 14.4. The molecule has 1 fully saturated rings. The molecule has 1 aromatic heterocycles. The number of aromatic nitrogens is 1. The number of rotatable bonds is 5. The molecule has 7 nitrogen and oxygen atoms in total. The first-order valence-electron chi connectivity index (χ1n) is 6.20. The van der Waals surface area contributed by atoms with Crippen LogP contribution in [0.2, 0.25) is 0 Å². The van der Waals surface area contributed by atoms with Gasteiger partial charge in [-0.15, -0.1) is 11.3 Å². The van der Waals surface area contributed by atoms with Crippen molar-refractivity contribution in [1.29, 1.82) is 0 Å². The third-order valence-corrected chi connectivity index (χ3v) is 3.33. The average Bonchev–Trinajstić information content (AvgIpc) is 3.05. The lowest BCUT2D eigenvalue weighted by Crippen LogP contribution is -2.37. The summed E-state index contributed by atoms with van der Waals surface area (Å²) in [7, 11) is 0. The van der Waals surface area contributed by atoms with E-state index in [1.165, 1.54) is 19.2 Å². The second-order valence-electron chi connectivity index (χ2n) is 4.55. The number of hydrogen-bond donors (Lipinski definition) is 2. The maximum Gasteiger partial charge on any atom is 0.358 e. The molecule has 2 amide bonds. The molecule has 1 heterocycles. The van der Waals surface area contributed by atoms with E-state index in [2.05, 4.69) is 15.6 Å². The summed E-state index contributed by atoms with van der Waals surface area (Å²) >= 11 is 1.12. The maximum atomic E-state index is 11.8. The van der Waals surface area contributed by atoms with Crippen molar-refractivity contribution >= 4 is 34.3 Å². The fourth-order valence-corrected chi connectivity index (χ4v) is 2.12. The minimum Gasteiger partial charge on any atom is -0.448 e. The molecule has 2 N–H and O–H groups in total. The van der Waals surface area contributed by atoms with Crippen LogP contribution in [-0.4, -0.2) is 34.9 Å². The molecule has 1 aromatic rings. The van der Waals surface area contributed by atoms with Crippen molar-refractivity contribution < 1.29 is 19.1 Å². The minimum absolute atomic E-state index is 0.0739. The van der Waals surface area contributed by atoms with Crippen molar-refractivity contribution in [2.24, 2.45) is 0 Å². The highest BCUT2D eigenvalue weighted by molar-refractivity contribution is 7.14. The maximum absolute atomic E-state index is 11.8. The number of carbonyl (C=O) groups excluding carboxylic acids is 3. The third-order valence-electron chi connectivity index (χ3n) is 2.57. The Morgan fingerprint density at radius 3 is 2.75 bits per heavy atom. The number of thiazole rings is 1. The van der Waals surface area contributed by atoms with Gasteiger partial charge in [0.15, 0.2) is 16.9 Å². The Hall–Kier alpha value is -1.96. The SMILES string of the molecule is CC(=O)Nc1nc(C(=O)OC(C)C(=O)NC2CC2)cs1. The summed E-state index contributed by atoms with van der Waals surface area (Å²) in [6, 6.07) is 0.217. The van der Waals surface area contributed by atoms with E-state index in [-0.39, 0.29) is 23.6 Å². The topological polar surface area (TPSA) is 97.4 Å². The monoisotopic (exact) mass is 297 g/mol. The predicted octanol–water partition coefficient (Wildman–Crippen LogP) is 0.925. The number of nitrogens with one attached hydrogen (secondary N) is 2. The Morgan fingerprint density at radius 1 is 1.45 bits per heavy atom. The summed E-state index contributed by atoms with van der Waals surface area (Å²) in [5.41, 5.74) is 0.0739. The van der Waals surface area contributed by atoms with E-state index in [9.17, 15) is 14.4 Å². The van der Waals surface area contributed by atoms with E-state index >= 15 is 0 Å². The summed E-state index contributed by atoms with van der Waals surface area (Å²) in [4.78, 5) is 38.2. The van der Waals surface area contributed by atoms with Crippen molar-refractivity contribution in [3.8, 4) is 0 Å². The van der Waals surface area contributed by atoms with Crippen molar-refractivity contribution in [3.63, 3.8) is 0 Å². The molecule has 0 spiro atoms. The molecule has 2 rings (SSSR count). The molecule has 1 saturated carbocycles. The Balaban J connectivity index is 1.88. The van der Waals surface area contributed by atoms with Crippen LogP contribution in [0.25, 0.3) is 0 Å². The van der Waals surface area contributed by atoms with Gasteiger partial charge in [0.2, 0.25) is 5.91 Å². The van der Waals surface area contributed by atoms with Crippen LogP contribution in [0.15, 0.2) is 5.38 Å². The fraction of sp³-hybridized carbons (Fsp3) is 0.500. The Morgan fingerprint density at radius 2 is 2.15 bits per heavy atom. The zero-order valence-corrected chi connectivity index (χ0v) is 12.0. The first-order chi connectivity index (χ1) is 9.45. The Kier molecular flexibility index (Phi) is 4.33. The quantitative estimate of drug-likeness (QED) is 0.788. The molecule has 1 aliphatic carbocycles. The zero-order valence-electron chi connectivity index (χ0n) is 11.1. The van der Waals surface area contributed by atoms with Gasteiger partial charge in [-0.3, -0.25) is 9.59 Å². The molecule has 0 aliphatic heterocycles. The normalized spacial score (nSPS) is 15.3. The lowest BCUT2D eigenvalue weighted by atomic mass is 10.3. The molecule has 0 radical (unpaired) electrons. The summed E-state index contributed by atoms with van der Waals surface area (Å²) in [5.74, 6) is -1.26. The summed E-state index contributed by atoms with van der Waals surface area (Å²) < 4.78 is 5.03. The minimum atomic E-state index is -0.867. The van der Waals surface area contributed by atoms with Gasteiger partial charge in [0.05, 0.1) is 0 Å². The zero-order chi connectivity index (χ0) is 14.7. The Bertz CT molecular complexity index is 539. The van der Waals surface area contributed by atoms with E-state index in [1.54, 1.807) is 0 Å². The highest BCUT2D eigenvalue weighted by Gasteiger charge is 2.27. The second-order valence-corrected chi connectivity index (χ2v) is 5.41. The standard InChI is InChI=1S/C12H15N3O4S/c1-6(10(17)14-8-3-4-8)19-11(18)9-5-20-12(15-9)13-7(2)16/h5-6,8H,3-4H2,1-2H3,(H,14,17)(H,13,15,16). The molecular weight excluding hydrogens is 282 g/mol. The van der Waals surface area contributed by atoms with E-state index in [0.717, 1.165) is 24.2 Å². The van der Waals surface area contributed by atoms with Gasteiger partial charge < -0.3 is 15.4 Å². The molecule has 0 bridgehead atoms. The number of hydrogen-bond acceptors (Lipinski definition) is 6. The van der Waals surface area contributed by atoms with Crippen LogP contribution in [0.1, 0.15) is 37.2 Å². The second kappa shape index (κ2) is 6.00. The molecule has 0 aromatic carbocycles. The molecular formula is C12H15N3O4S. The number of esters is 1. The molecule has 20 heavy (non-hydrogen) atoms. The number of nitrogens with zero attached hydrogens (tertiary/aromatic N) is 1. The van der Waals surface area contributed by atoms with Gasteiger partial charge in [0, 0.05) is 18.3 Å². The van der Waals surface area contributed by atoms with E-state index in [4.69, 9.17) is 4.74 Å². The molecule has 8 heteroatoms. The number of amides is 2. The van der Waals surface area contributed by atoms with Crippen LogP contribution in [0, 0.1) is 0 Å². The van der Waals surface area contributed by atoms with Crippen molar-refractivity contribution in [2.45, 2.75) is 38.8 Å². The van der Waals surface area contributed by atoms with Crippen LogP contribution in [-0.2, 0) is 14.3 Å². The number of ether oxygens (including phenoxy) is 1. The van der Waals surface area contributed by atoms with Gasteiger partial charge in [0.1, 0.15) is 0 Å². The summed E-state index contributed by atoms with van der Waals surface area (Å²) in [6.07, 6.45) is 1.07. The average molecular weight is 297 g/mol. The van der Waals surface area contributed by atoms with E-state index in [0.29, 0.717) is 5.13 Å². The van der Waals surface area contributed by atoms with Crippen molar-refractivity contribution in [1.82, 2.24) is 10.3 Å². The molecule has 1 aliphatic rings. The molecule has 1 atom stereocenters. The Labute approximate surface area is 119 Å². The van der Waals surface area contributed by atoms with Gasteiger partial charge >= 0.3 is 5.97 Å². The van der Waals surface area contributed by atoms with Crippen LogP contribution in [0.4, 0.5) is 5.13 Å². The first-order valence-corrected chi connectivity index (χ1v) is 7.08. The van der Waals surface area contributed by atoms with Gasteiger partial charge in [-0.25, -0.2) is 9.78 Å². The van der Waals surface area contributed by atoms with Gasteiger partial charge in [0.25, 0.3) is 5.91 Å². The predicted molar refractivity (Wildman–Crippen MR) is 72.5 cm³/mol. The molecule has 108 valence electrons. The summed E-state index contributed by atoms with van der Waals surface area (Å²) in [6.45, 7) is 2.86. The lowest BCUT2D eigenvalue weighted by Gasteiger charge is -2.12. The summed E-state index contributed by atoms with van der Waals surface area (Å²) in [5, 5.41) is 7.01. The van der Waals surface area contributed by atoms with Crippen LogP contribution >= 0.6 is 11.3 Å². The van der Waals surface area contributed by atoms with Gasteiger partial charge in [-0.05, 0) is 19.8 Å². The van der Waals surface area contributed by atoms with Crippen LogP contribution < -0.4 is 10.6 Å². The van der Waals surface area contributed by atoms with E-state index in [1.807, 2.05) is 0 Å². The highest BCUT2D eigenvalue weighted by Crippen LogP contribution is 2.19. The van der Waals surface area contributed by atoms with Crippen LogP contribution in [0.3, 0.4) is 0 Å². The van der Waals surface area contributed by atoms with Crippen molar-refractivity contribution in [3.05, 3.63) is 11.1 Å². The molecule has 1 unspecified atom stereocenters. The fourth-order valence-electron chi connectivity index (χ4n) is 1.40. The largest absolute Gasteiger partial charge is 0.448 e. The number of anilines is 1. The van der Waals surface area contributed by atoms with E-state index < -0.39 is 12.1 Å². The third kappa shape index (κ3) is 4.02. The highest BCUT2D eigenvalue weighted by atomic mass is 32.1. The lowest BCUT2D eigenvalue weighted by molar-refractivity contribution is -0.129. The number of carbonyl (C=O) groups is 3. The van der Waals surface area contributed by atoms with Gasteiger partial charge in [-0.1, -0.05) is 0 Å². The van der Waals surface area contributed by atoms with Crippen molar-refractivity contribution in [2.75, 3.05) is 5.32 Å². The van der Waals surface area contributed by atoms with Crippen LogP contribution in [0.5, 0.6) is 0 Å².